The van der Waals surface area contributed by atoms with Crippen LogP contribution in [0.5, 0.6) is 0 Å². The van der Waals surface area contributed by atoms with E-state index in [0.29, 0.717) is 0 Å². The minimum absolute atomic E-state index is 0.899. The van der Waals surface area contributed by atoms with Gasteiger partial charge in [0.15, 0.2) is 0 Å². The second-order valence-corrected chi connectivity index (χ2v) is 9.36. The van der Waals surface area contributed by atoms with Gasteiger partial charge in [0.05, 0.1) is 11.2 Å². The van der Waals surface area contributed by atoms with E-state index in [-0.39, 0.29) is 0 Å². The topological polar surface area (TPSA) is 18.1 Å². The molecule has 0 unspecified atom stereocenters. The number of hydrogen-bond donors (Lipinski definition) is 0. The van der Waals surface area contributed by atoms with E-state index in [1.54, 1.807) is 0 Å². The van der Waals surface area contributed by atoms with Crippen LogP contribution in [-0.4, -0.2) is 4.57 Å². The van der Waals surface area contributed by atoms with Gasteiger partial charge < -0.3 is 8.98 Å². The second kappa shape index (κ2) is 7.34. The fraction of sp³-hybridized carbons (Fsp3) is 0. The van der Waals surface area contributed by atoms with E-state index in [4.69, 9.17) is 4.42 Å². The van der Waals surface area contributed by atoms with Crippen molar-refractivity contribution >= 4 is 54.4 Å². The Labute approximate surface area is 207 Å². The molecule has 2 heterocycles. The van der Waals surface area contributed by atoms with Gasteiger partial charge in [0, 0.05) is 27.4 Å². The molecule has 0 aliphatic heterocycles. The summed E-state index contributed by atoms with van der Waals surface area (Å²) < 4.78 is 8.97. The Balaban J connectivity index is 1.56. The molecule has 0 bridgehead atoms. The third kappa shape index (κ3) is 2.67. The molecule has 0 radical (unpaired) electrons. The average Bonchev–Trinajstić information content (AvgIpc) is 3.26. The molecule has 0 aliphatic carbocycles. The fourth-order valence-corrected chi connectivity index (χ4v) is 5.85. The number of rotatable bonds is 2. The Morgan fingerprint density at radius 3 is 2.03 bits per heavy atom. The van der Waals surface area contributed by atoms with E-state index in [2.05, 4.69) is 132 Å². The normalized spacial score (nSPS) is 11.9. The molecule has 2 heteroatoms. The highest BCUT2D eigenvalue weighted by Gasteiger charge is 2.17. The van der Waals surface area contributed by atoms with Gasteiger partial charge in [0.2, 0.25) is 0 Å². The lowest BCUT2D eigenvalue weighted by atomic mass is 9.96. The van der Waals surface area contributed by atoms with Gasteiger partial charge in [-0.25, -0.2) is 0 Å². The molecule has 8 aromatic rings. The van der Waals surface area contributed by atoms with Crippen LogP contribution < -0.4 is 0 Å². The third-order valence-electron chi connectivity index (χ3n) is 7.38. The summed E-state index contributed by atoms with van der Waals surface area (Å²) in [6.07, 6.45) is 0. The van der Waals surface area contributed by atoms with Crippen molar-refractivity contribution in [3.05, 3.63) is 127 Å². The Bertz CT molecular complexity index is 2090. The van der Waals surface area contributed by atoms with Gasteiger partial charge in [-0.15, -0.1) is 0 Å². The van der Waals surface area contributed by atoms with E-state index < -0.39 is 0 Å². The summed E-state index contributed by atoms with van der Waals surface area (Å²) in [7, 11) is 0. The number of fused-ring (bicyclic) bond motifs is 2. The van der Waals surface area contributed by atoms with Gasteiger partial charge >= 0.3 is 0 Å². The van der Waals surface area contributed by atoms with E-state index in [1.807, 2.05) is 0 Å². The zero-order valence-corrected chi connectivity index (χ0v) is 19.5. The number of nitrogens with zero attached hydrogens (tertiary/aromatic N) is 1. The molecule has 0 N–H and O–H groups in total. The van der Waals surface area contributed by atoms with Gasteiger partial charge in [-0.05, 0) is 64.0 Å². The Hall–Kier alpha value is -4.82. The van der Waals surface area contributed by atoms with E-state index >= 15 is 0 Å². The monoisotopic (exact) mass is 459 g/mol. The first kappa shape index (κ1) is 19.5. The highest BCUT2D eigenvalue weighted by molar-refractivity contribution is 6.24. The SMILES string of the molecule is c1ccc(-n2c(-c3ccc4oc5cccc6cccc(c7cccc3c47)c65)cc3ccccc32)cc1. The molecule has 2 nitrogen and oxygen atoms in total. The average molecular weight is 460 g/mol. The molecule has 2 aromatic heterocycles. The summed E-state index contributed by atoms with van der Waals surface area (Å²) in [5.74, 6) is 0. The van der Waals surface area contributed by atoms with Crippen LogP contribution in [0, 0.1) is 0 Å². The zero-order chi connectivity index (χ0) is 23.6. The minimum atomic E-state index is 0.899. The molecule has 0 fully saturated rings. The molecule has 0 spiro atoms. The van der Waals surface area contributed by atoms with Gasteiger partial charge in [-0.2, -0.15) is 0 Å². The molecule has 0 saturated heterocycles. The summed E-state index contributed by atoms with van der Waals surface area (Å²) in [5.41, 5.74) is 6.52. The van der Waals surface area contributed by atoms with Crippen LogP contribution in [0.2, 0.25) is 0 Å². The van der Waals surface area contributed by atoms with E-state index in [0.717, 1.165) is 22.2 Å². The molecule has 36 heavy (non-hydrogen) atoms. The number of aromatic nitrogens is 1. The van der Waals surface area contributed by atoms with Crippen LogP contribution in [0.1, 0.15) is 0 Å². The number of para-hydroxylation sites is 2. The van der Waals surface area contributed by atoms with Gasteiger partial charge in [0.1, 0.15) is 11.2 Å². The lowest BCUT2D eigenvalue weighted by Gasteiger charge is -2.14. The molecular formula is C34H21NO. The van der Waals surface area contributed by atoms with Gasteiger partial charge in [-0.3, -0.25) is 0 Å². The largest absolute Gasteiger partial charge is 0.456 e. The van der Waals surface area contributed by atoms with Crippen LogP contribution in [0.25, 0.3) is 71.3 Å². The molecule has 0 atom stereocenters. The summed E-state index contributed by atoms with van der Waals surface area (Å²) in [4.78, 5) is 0. The lowest BCUT2D eigenvalue weighted by molar-refractivity contribution is 0.664. The molecule has 0 aliphatic rings. The van der Waals surface area contributed by atoms with E-state index in [9.17, 15) is 0 Å². The zero-order valence-electron chi connectivity index (χ0n) is 19.5. The van der Waals surface area contributed by atoms with Crippen LogP contribution in [0.15, 0.2) is 132 Å². The van der Waals surface area contributed by atoms with Crippen molar-refractivity contribution in [2.24, 2.45) is 0 Å². The van der Waals surface area contributed by atoms with Crippen LogP contribution in [0.3, 0.4) is 0 Å². The van der Waals surface area contributed by atoms with Gasteiger partial charge in [0.25, 0.3) is 0 Å². The maximum absolute atomic E-state index is 6.60. The van der Waals surface area contributed by atoms with E-state index in [1.165, 1.54) is 49.1 Å². The first-order valence-corrected chi connectivity index (χ1v) is 12.3. The predicted molar refractivity (Wildman–Crippen MR) is 151 cm³/mol. The molecule has 0 saturated carbocycles. The first-order chi connectivity index (χ1) is 17.9. The Morgan fingerprint density at radius 2 is 1.14 bits per heavy atom. The quantitative estimate of drug-likeness (QED) is 0.252. The number of hydrogen-bond acceptors (Lipinski definition) is 1. The standard InChI is InChI=1S/C34H21NO/c1-2-12-24(13-3-1)35-29-17-5-4-9-23(29)21-30(35)25-19-20-32-34-26(25)15-8-16-28(34)27-14-6-10-22-11-7-18-31(36-32)33(22)27/h1-21H. The van der Waals surface area contributed by atoms with Gasteiger partial charge in [-0.1, -0.05) is 84.9 Å². The smallest absolute Gasteiger partial charge is 0.135 e. The fourth-order valence-electron chi connectivity index (χ4n) is 5.85. The van der Waals surface area contributed by atoms with Crippen molar-refractivity contribution in [2.75, 3.05) is 0 Å². The Morgan fingerprint density at radius 1 is 0.472 bits per heavy atom. The number of benzene rings is 6. The summed E-state index contributed by atoms with van der Waals surface area (Å²) in [5, 5.41) is 8.36. The summed E-state index contributed by atoms with van der Waals surface area (Å²) in [6, 6.07) is 45.3. The third-order valence-corrected chi connectivity index (χ3v) is 7.38. The molecule has 0 amide bonds. The van der Waals surface area contributed by atoms with Crippen molar-refractivity contribution in [2.45, 2.75) is 0 Å². The van der Waals surface area contributed by atoms with Crippen molar-refractivity contribution in [3.8, 4) is 16.9 Å². The molecule has 168 valence electrons. The highest BCUT2D eigenvalue weighted by Crippen LogP contribution is 2.41. The predicted octanol–water partition coefficient (Wildman–Crippen LogP) is 9.50. The molecule has 8 rings (SSSR count). The van der Waals surface area contributed by atoms with Crippen molar-refractivity contribution in [1.82, 2.24) is 4.57 Å². The summed E-state index contributed by atoms with van der Waals surface area (Å²) in [6.45, 7) is 0. The van der Waals surface area contributed by atoms with Crippen molar-refractivity contribution < 1.29 is 4.42 Å². The Kier molecular flexibility index (Phi) is 3.97. The molecule has 6 aromatic carbocycles. The lowest BCUT2D eigenvalue weighted by Crippen LogP contribution is -1.97. The van der Waals surface area contributed by atoms with Crippen LogP contribution >= 0.6 is 0 Å². The van der Waals surface area contributed by atoms with Crippen LogP contribution in [0.4, 0.5) is 0 Å². The maximum atomic E-state index is 6.60. The summed E-state index contributed by atoms with van der Waals surface area (Å²) >= 11 is 0. The van der Waals surface area contributed by atoms with Crippen molar-refractivity contribution in [3.63, 3.8) is 0 Å². The van der Waals surface area contributed by atoms with Crippen LogP contribution in [-0.2, 0) is 0 Å². The maximum Gasteiger partial charge on any atom is 0.135 e. The second-order valence-electron chi connectivity index (χ2n) is 9.36. The molecular weight excluding hydrogens is 438 g/mol. The first-order valence-electron chi connectivity index (χ1n) is 12.3. The minimum Gasteiger partial charge on any atom is -0.456 e. The highest BCUT2D eigenvalue weighted by atomic mass is 16.3. The van der Waals surface area contributed by atoms with Crippen molar-refractivity contribution in [1.29, 1.82) is 0 Å².